The van der Waals surface area contributed by atoms with Gasteiger partial charge in [-0.2, -0.15) is 26.3 Å². The average Bonchev–Trinajstić information content (AvgIpc) is 2.79. The van der Waals surface area contributed by atoms with Gasteiger partial charge in [0.15, 0.2) is 0 Å². The summed E-state index contributed by atoms with van der Waals surface area (Å²) in [5.41, 5.74) is 4.30. The molecule has 0 bridgehead atoms. The van der Waals surface area contributed by atoms with E-state index in [1.807, 2.05) is 62.4 Å². The molecule has 0 amide bonds. The summed E-state index contributed by atoms with van der Waals surface area (Å²) in [7, 11) is 0. The molecular formula is C26H30F6N2O4Pd2-2. The van der Waals surface area contributed by atoms with Crippen molar-refractivity contribution in [1.82, 2.24) is 0 Å². The minimum atomic E-state index is -5.08. The average molecular weight is 761 g/mol. The Kier molecular flexibility index (Phi) is 24.9. The first-order valence-electron chi connectivity index (χ1n) is 10.9. The van der Waals surface area contributed by atoms with Crippen molar-refractivity contribution in [3.05, 3.63) is 71.8 Å². The predicted molar refractivity (Wildman–Crippen MR) is 133 cm³/mol. The Bertz CT molecular complexity index is 945. The summed E-state index contributed by atoms with van der Waals surface area (Å²) in [4.78, 5) is 26.7. The van der Waals surface area contributed by atoms with Gasteiger partial charge in [0.2, 0.25) is 0 Å². The molecule has 40 heavy (non-hydrogen) atoms. The van der Waals surface area contributed by atoms with Crippen LogP contribution in [-0.2, 0) is 50.4 Å². The number of nitrogens with zero attached hydrogens (tertiary/aromatic N) is 2. The Labute approximate surface area is 257 Å². The van der Waals surface area contributed by atoms with Crippen LogP contribution >= 0.6 is 0 Å². The van der Waals surface area contributed by atoms with Crippen molar-refractivity contribution in [1.29, 1.82) is 0 Å². The molecule has 0 saturated heterocycles. The van der Waals surface area contributed by atoms with E-state index in [1.54, 1.807) is 0 Å². The fourth-order valence-corrected chi connectivity index (χ4v) is 2.15. The fraction of sp³-hybridized carbons (Fsp3) is 0.385. The van der Waals surface area contributed by atoms with Crippen LogP contribution < -0.4 is 0 Å². The molecule has 0 radical (unpaired) electrons. The van der Waals surface area contributed by atoms with E-state index in [2.05, 4.69) is 49.8 Å². The van der Waals surface area contributed by atoms with E-state index in [1.165, 1.54) is 0 Å². The van der Waals surface area contributed by atoms with Gasteiger partial charge in [-0.3, -0.25) is 0 Å². The number of aliphatic imine (C=N–C) groups is 2. The number of halogens is 6. The van der Waals surface area contributed by atoms with Crippen molar-refractivity contribution in [2.24, 2.45) is 9.98 Å². The van der Waals surface area contributed by atoms with E-state index in [0.29, 0.717) is 12.1 Å². The molecule has 232 valence electrons. The van der Waals surface area contributed by atoms with E-state index in [-0.39, 0.29) is 40.8 Å². The van der Waals surface area contributed by atoms with Gasteiger partial charge in [0.1, 0.15) is 0 Å². The number of aliphatic carboxylic acids is 2. The minimum Gasteiger partial charge on any atom is -0.475 e. The number of benzene rings is 2. The van der Waals surface area contributed by atoms with Crippen LogP contribution in [0.1, 0.15) is 52.7 Å². The molecule has 0 unspecified atom stereocenters. The van der Waals surface area contributed by atoms with Gasteiger partial charge in [0.25, 0.3) is 0 Å². The normalized spacial score (nSPS) is 11.2. The first-order chi connectivity index (χ1) is 17.3. The smallest absolute Gasteiger partial charge is 0.475 e. The Morgan fingerprint density at radius 3 is 1.07 bits per heavy atom. The summed E-state index contributed by atoms with van der Waals surface area (Å²) < 4.78 is 63.5. The molecule has 0 saturated carbocycles. The largest absolute Gasteiger partial charge is 0.490 e. The quantitative estimate of drug-likeness (QED) is 0.158. The maximum Gasteiger partial charge on any atom is 0.490 e. The molecule has 2 aromatic carbocycles. The second kappa shape index (κ2) is 22.3. The Morgan fingerprint density at radius 2 is 0.925 bits per heavy atom. The molecule has 2 rings (SSSR count). The summed E-state index contributed by atoms with van der Waals surface area (Å²) in [6.07, 6.45) is -10.2. The van der Waals surface area contributed by atoms with E-state index in [4.69, 9.17) is 19.8 Å². The van der Waals surface area contributed by atoms with Crippen LogP contribution in [-0.4, -0.2) is 58.0 Å². The van der Waals surface area contributed by atoms with Crippen LogP contribution in [0.3, 0.4) is 0 Å². The topological polar surface area (TPSA) is 99.3 Å². The standard InChI is InChI=1S/2C11H14N.2C2HF3O2.2Pd/c2*1-9(2)12-10(3)11-7-5-4-6-8-11;2*3-2(4,5)1(6)7;;/h2*4-7,9H,1-3H3;2*(H,6,7);;/q2*-1;;;;. The third-order valence-electron chi connectivity index (χ3n) is 3.59. The molecule has 0 aliphatic rings. The molecule has 0 fully saturated rings. The van der Waals surface area contributed by atoms with Crippen LogP contribution in [0.15, 0.2) is 58.5 Å². The number of alkyl halides is 6. The number of carbonyl (C=O) groups is 2. The van der Waals surface area contributed by atoms with Crippen molar-refractivity contribution in [2.45, 2.75) is 66.0 Å². The predicted octanol–water partition coefficient (Wildman–Crippen LogP) is 6.67. The van der Waals surface area contributed by atoms with Crippen LogP contribution in [0.25, 0.3) is 0 Å². The summed E-state index contributed by atoms with van der Waals surface area (Å²) >= 11 is 0. The van der Waals surface area contributed by atoms with Gasteiger partial charge in [-0.05, 0) is 39.1 Å². The molecule has 6 nitrogen and oxygen atoms in total. The molecular weight excluding hydrogens is 731 g/mol. The third kappa shape index (κ3) is 24.7. The molecule has 0 aromatic heterocycles. The molecule has 0 aliphatic heterocycles. The molecule has 2 N–H and O–H groups in total. The molecule has 0 aliphatic carbocycles. The first-order valence-corrected chi connectivity index (χ1v) is 10.9. The Balaban J connectivity index is -0.000000220. The number of hydrogen-bond donors (Lipinski definition) is 2. The van der Waals surface area contributed by atoms with E-state index < -0.39 is 24.3 Å². The number of rotatable bonds is 4. The maximum absolute atomic E-state index is 10.6. The maximum atomic E-state index is 10.6. The second-order valence-corrected chi connectivity index (χ2v) is 7.77. The SMILES string of the molecule is CC(=NC(C)C)c1[c-]cccc1.CC(=NC(C)C)c1[c-]cccc1.O=C(O)C(F)(F)F.O=C(O)C(F)(F)F.[Pd].[Pd]. The summed E-state index contributed by atoms with van der Waals surface area (Å²) in [5.74, 6) is -5.51. The Hall–Kier alpha value is -2.38. The monoisotopic (exact) mass is 760 g/mol. The zero-order chi connectivity index (χ0) is 30.1. The van der Waals surface area contributed by atoms with Gasteiger partial charge in [0, 0.05) is 52.9 Å². The van der Waals surface area contributed by atoms with Gasteiger partial charge in [-0.15, -0.1) is 71.8 Å². The van der Waals surface area contributed by atoms with E-state index >= 15 is 0 Å². The van der Waals surface area contributed by atoms with Crippen molar-refractivity contribution in [2.75, 3.05) is 0 Å². The fourth-order valence-electron chi connectivity index (χ4n) is 2.15. The summed E-state index contributed by atoms with van der Waals surface area (Å²) in [6, 6.07) is 22.8. The second-order valence-electron chi connectivity index (χ2n) is 7.77. The van der Waals surface area contributed by atoms with Crippen LogP contribution in [0, 0.1) is 12.1 Å². The summed E-state index contributed by atoms with van der Waals surface area (Å²) in [5, 5.41) is 14.2. The number of hydrogen-bond acceptors (Lipinski definition) is 4. The van der Waals surface area contributed by atoms with Crippen molar-refractivity contribution < 1.29 is 87.0 Å². The third-order valence-corrected chi connectivity index (χ3v) is 3.59. The number of carboxylic acid groups (broad SMARTS) is 2. The van der Waals surface area contributed by atoms with Gasteiger partial charge < -0.3 is 20.2 Å². The zero-order valence-corrected chi connectivity index (χ0v) is 25.4. The Morgan fingerprint density at radius 1 is 0.675 bits per heavy atom. The zero-order valence-electron chi connectivity index (χ0n) is 22.3. The molecule has 2 aromatic rings. The van der Waals surface area contributed by atoms with Gasteiger partial charge >= 0.3 is 24.3 Å². The van der Waals surface area contributed by atoms with Gasteiger partial charge in [0.05, 0.1) is 0 Å². The molecule has 0 atom stereocenters. The molecule has 14 heteroatoms. The van der Waals surface area contributed by atoms with Gasteiger partial charge in [-0.25, -0.2) is 9.59 Å². The van der Waals surface area contributed by atoms with Crippen LogP contribution in [0.2, 0.25) is 0 Å². The van der Waals surface area contributed by atoms with Gasteiger partial charge in [-0.1, -0.05) is 13.8 Å². The molecule has 0 spiro atoms. The van der Waals surface area contributed by atoms with E-state index in [9.17, 15) is 26.3 Å². The van der Waals surface area contributed by atoms with Crippen LogP contribution in [0.4, 0.5) is 26.3 Å². The van der Waals surface area contributed by atoms with Crippen molar-refractivity contribution in [3.63, 3.8) is 0 Å². The minimum absolute atomic E-state index is 0. The van der Waals surface area contributed by atoms with Crippen molar-refractivity contribution in [3.8, 4) is 0 Å². The molecule has 0 heterocycles. The summed E-state index contributed by atoms with van der Waals surface area (Å²) in [6.45, 7) is 12.3. The first kappa shape index (κ1) is 44.6. The van der Waals surface area contributed by atoms with Crippen LogP contribution in [0.5, 0.6) is 0 Å². The number of carboxylic acids is 2. The van der Waals surface area contributed by atoms with E-state index in [0.717, 1.165) is 22.6 Å². The van der Waals surface area contributed by atoms with Crippen molar-refractivity contribution >= 4 is 23.4 Å².